The number of nitro groups is 1. The lowest BCUT2D eigenvalue weighted by molar-refractivity contribution is -0.384. The molecule has 2 rings (SSSR count). The quantitative estimate of drug-likeness (QED) is 0.296. The Morgan fingerprint density at radius 2 is 1.52 bits per heavy atom. The Hall–Kier alpha value is -4.08. The lowest BCUT2D eigenvalue weighted by atomic mass is 10.1. The second kappa shape index (κ2) is 10.3. The van der Waals surface area contributed by atoms with E-state index in [0.717, 1.165) is 0 Å². The van der Waals surface area contributed by atoms with Gasteiger partial charge in [-0.05, 0) is 24.3 Å². The van der Waals surface area contributed by atoms with E-state index in [-0.39, 0.29) is 24.1 Å². The first-order valence-electron chi connectivity index (χ1n) is 8.44. The first-order valence-corrected chi connectivity index (χ1v) is 8.44. The maximum absolute atomic E-state index is 11.9. The lowest BCUT2D eigenvalue weighted by Gasteiger charge is -2.07. The molecule has 0 aliphatic heterocycles. The van der Waals surface area contributed by atoms with Gasteiger partial charge in [0, 0.05) is 29.7 Å². The molecule has 0 aliphatic carbocycles. The molecule has 29 heavy (non-hydrogen) atoms. The van der Waals surface area contributed by atoms with E-state index in [0.29, 0.717) is 5.56 Å². The number of rotatable bonds is 8. The van der Waals surface area contributed by atoms with Crippen LogP contribution in [0.1, 0.15) is 33.6 Å². The van der Waals surface area contributed by atoms with Crippen LogP contribution >= 0.6 is 0 Å². The number of benzene rings is 2. The number of nitrogens with one attached hydrogen (secondary N) is 2. The van der Waals surface area contributed by atoms with Crippen molar-refractivity contribution in [3.8, 4) is 0 Å². The van der Waals surface area contributed by atoms with Gasteiger partial charge in [-0.2, -0.15) is 0 Å². The van der Waals surface area contributed by atoms with Crippen molar-refractivity contribution in [2.75, 3.05) is 6.61 Å². The minimum atomic E-state index is -0.773. The molecule has 0 radical (unpaired) electrons. The smallest absolute Gasteiger partial charge is 0.306 e. The van der Waals surface area contributed by atoms with E-state index in [1.807, 2.05) is 0 Å². The molecule has 2 aromatic rings. The van der Waals surface area contributed by atoms with Gasteiger partial charge >= 0.3 is 5.97 Å². The van der Waals surface area contributed by atoms with E-state index in [1.54, 1.807) is 30.3 Å². The third-order valence-corrected chi connectivity index (χ3v) is 3.67. The molecule has 0 atom stereocenters. The van der Waals surface area contributed by atoms with Gasteiger partial charge in [-0.1, -0.05) is 18.2 Å². The van der Waals surface area contributed by atoms with Gasteiger partial charge in [0.05, 0.1) is 11.3 Å². The average molecular weight is 399 g/mol. The number of carbonyl (C=O) groups is 4. The highest BCUT2D eigenvalue weighted by atomic mass is 16.6. The van der Waals surface area contributed by atoms with Crippen molar-refractivity contribution in [2.24, 2.45) is 0 Å². The number of nitro benzene ring substituents is 1. The number of ketones is 1. The van der Waals surface area contributed by atoms with Crippen molar-refractivity contribution in [3.63, 3.8) is 0 Å². The molecule has 2 N–H and O–H groups in total. The number of ether oxygens (including phenoxy) is 1. The predicted molar refractivity (Wildman–Crippen MR) is 99.7 cm³/mol. The summed E-state index contributed by atoms with van der Waals surface area (Å²) in [4.78, 5) is 57.0. The summed E-state index contributed by atoms with van der Waals surface area (Å²) in [5.74, 6) is -2.42. The fraction of sp³-hybridized carbons (Fsp3) is 0.158. The Morgan fingerprint density at radius 1 is 0.862 bits per heavy atom. The van der Waals surface area contributed by atoms with Crippen LogP contribution in [0, 0.1) is 10.1 Å². The van der Waals surface area contributed by atoms with Crippen molar-refractivity contribution in [1.29, 1.82) is 0 Å². The molecule has 0 bridgehead atoms. The number of hydrazine groups is 1. The Labute approximate surface area is 165 Å². The number of esters is 1. The number of hydrogen-bond donors (Lipinski definition) is 2. The molecular weight excluding hydrogens is 382 g/mol. The second-order valence-corrected chi connectivity index (χ2v) is 5.76. The van der Waals surface area contributed by atoms with E-state index in [9.17, 15) is 29.3 Å². The zero-order valence-electron chi connectivity index (χ0n) is 15.1. The van der Waals surface area contributed by atoms with E-state index in [2.05, 4.69) is 10.9 Å². The number of Topliss-reactive ketones (excluding diaryl/α,β-unsaturated/α-hetero) is 1. The second-order valence-electron chi connectivity index (χ2n) is 5.76. The third kappa shape index (κ3) is 6.86. The first kappa shape index (κ1) is 21.2. The Bertz CT molecular complexity index is 911. The van der Waals surface area contributed by atoms with Crippen molar-refractivity contribution < 1.29 is 28.8 Å². The van der Waals surface area contributed by atoms with Gasteiger partial charge in [0.15, 0.2) is 12.4 Å². The monoisotopic (exact) mass is 399 g/mol. The van der Waals surface area contributed by atoms with Crippen molar-refractivity contribution >= 4 is 29.3 Å². The minimum Gasteiger partial charge on any atom is -0.457 e. The van der Waals surface area contributed by atoms with Gasteiger partial charge in [-0.25, -0.2) is 0 Å². The maximum atomic E-state index is 11.9. The van der Waals surface area contributed by atoms with Crippen molar-refractivity contribution in [1.82, 2.24) is 10.9 Å². The van der Waals surface area contributed by atoms with Gasteiger partial charge in [0.1, 0.15) is 0 Å². The fourth-order valence-electron chi connectivity index (χ4n) is 2.14. The third-order valence-electron chi connectivity index (χ3n) is 3.67. The summed E-state index contributed by atoms with van der Waals surface area (Å²) in [6.07, 6.45) is -0.541. The van der Waals surface area contributed by atoms with Crippen LogP contribution in [-0.2, 0) is 14.3 Å². The van der Waals surface area contributed by atoms with Crippen LogP contribution in [0.25, 0.3) is 0 Å². The first-order chi connectivity index (χ1) is 13.9. The minimum absolute atomic E-state index is 0.157. The van der Waals surface area contributed by atoms with Crippen LogP contribution < -0.4 is 10.9 Å². The molecule has 0 aromatic heterocycles. The highest BCUT2D eigenvalue weighted by Gasteiger charge is 2.14. The van der Waals surface area contributed by atoms with Gasteiger partial charge < -0.3 is 4.74 Å². The highest BCUT2D eigenvalue weighted by molar-refractivity contribution is 5.98. The van der Waals surface area contributed by atoms with Crippen LogP contribution in [0.3, 0.4) is 0 Å². The summed E-state index contributed by atoms with van der Waals surface area (Å²) in [6.45, 7) is -0.553. The number of non-ortho nitro benzene ring substituents is 1. The number of carbonyl (C=O) groups excluding carboxylic acids is 4. The SMILES string of the molecule is O=C(CCC(=O)OCC(=O)c1ccc([N+](=O)[O-])cc1)NNC(=O)c1ccccc1. The molecule has 0 saturated heterocycles. The summed E-state index contributed by atoms with van der Waals surface area (Å²) < 4.78 is 4.79. The van der Waals surface area contributed by atoms with E-state index >= 15 is 0 Å². The van der Waals surface area contributed by atoms with Crippen LogP contribution in [0.15, 0.2) is 54.6 Å². The number of hydrogen-bond acceptors (Lipinski definition) is 7. The molecule has 2 amide bonds. The number of amides is 2. The summed E-state index contributed by atoms with van der Waals surface area (Å²) in [5, 5.41) is 10.6. The molecule has 0 aliphatic rings. The Balaban J connectivity index is 1.68. The molecule has 0 saturated carbocycles. The van der Waals surface area contributed by atoms with Gasteiger partial charge in [0.2, 0.25) is 5.91 Å². The van der Waals surface area contributed by atoms with Crippen LogP contribution in [-0.4, -0.2) is 35.1 Å². The van der Waals surface area contributed by atoms with Gasteiger partial charge in [-0.15, -0.1) is 0 Å². The van der Waals surface area contributed by atoms with Crippen LogP contribution in [0.4, 0.5) is 5.69 Å². The predicted octanol–water partition coefficient (Wildman–Crippen LogP) is 1.56. The Kier molecular flexibility index (Phi) is 7.54. The highest BCUT2D eigenvalue weighted by Crippen LogP contribution is 2.12. The van der Waals surface area contributed by atoms with Crippen molar-refractivity contribution in [2.45, 2.75) is 12.8 Å². The Morgan fingerprint density at radius 3 is 2.14 bits per heavy atom. The molecule has 0 fully saturated rings. The van der Waals surface area contributed by atoms with E-state index in [4.69, 9.17) is 4.74 Å². The summed E-state index contributed by atoms with van der Waals surface area (Å²) in [6, 6.07) is 13.1. The van der Waals surface area contributed by atoms with Gasteiger partial charge in [-0.3, -0.25) is 40.1 Å². The topological polar surface area (TPSA) is 145 Å². The summed E-state index contributed by atoms with van der Waals surface area (Å²) in [5.41, 5.74) is 4.74. The molecular formula is C19H17N3O7. The van der Waals surface area contributed by atoms with Crippen LogP contribution in [0.2, 0.25) is 0 Å². The van der Waals surface area contributed by atoms with Crippen LogP contribution in [0.5, 0.6) is 0 Å². The fourth-order valence-corrected chi connectivity index (χ4v) is 2.14. The normalized spacial score (nSPS) is 9.93. The zero-order chi connectivity index (χ0) is 21.2. The van der Waals surface area contributed by atoms with Gasteiger partial charge in [0.25, 0.3) is 11.6 Å². The lowest BCUT2D eigenvalue weighted by Crippen LogP contribution is -2.41. The molecule has 0 spiro atoms. The maximum Gasteiger partial charge on any atom is 0.306 e. The molecule has 10 heteroatoms. The standard InChI is InChI=1S/C19H17N3O7/c23-16(13-6-8-15(9-7-13)22(27)28)12-29-18(25)11-10-17(24)20-21-19(26)14-4-2-1-3-5-14/h1-9H,10-12H2,(H,20,24)(H,21,26). The largest absolute Gasteiger partial charge is 0.457 e. The summed E-state index contributed by atoms with van der Waals surface area (Å²) in [7, 11) is 0. The number of nitrogens with zero attached hydrogens (tertiary/aromatic N) is 1. The molecule has 10 nitrogen and oxygen atoms in total. The molecule has 0 heterocycles. The van der Waals surface area contributed by atoms with E-state index in [1.165, 1.54) is 24.3 Å². The summed E-state index contributed by atoms with van der Waals surface area (Å²) >= 11 is 0. The molecule has 0 unspecified atom stereocenters. The zero-order valence-corrected chi connectivity index (χ0v) is 15.1. The van der Waals surface area contributed by atoms with Crippen molar-refractivity contribution in [3.05, 3.63) is 75.8 Å². The molecule has 2 aromatic carbocycles. The molecule has 150 valence electrons. The van der Waals surface area contributed by atoms with E-state index < -0.39 is 35.1 Å². The average Bonchev–Trinajstić information content (AvgIpc) is 2.74.